The highest BCUT2D eigenvalue weighted by atomic mass is 16.3. The Morgan fingerprint density at radius 1 is 0.909 bits per heavy atom. The molecule has 0 bridgehead atoms. The number of hydrogen-bond donors (Lipinski definition) is 2. The highest BCUT2D eigenvalue weighted by Gasteiger charge is 2.27. The standard InChI is InChI=1S/C18H11NO3/c20-10-5-6-11-13(8-17(21)18(22)14(11)7-10)15-9-19-16-4-2-1-3-12(15)16/h1-9,19-20H. The number of allylic oxidation sites excluding steroid dienone is 1. The van der Waals surface area contributed by atoms with E-state index in [2.05, 4.69) is 4.98 Å². The zero-order valence-electron chi connectivity index (χ0n) is 11.5. The van der Waals surface area contributed by atoms with Crippen LogP contribution in [0.15, 0.2) is 54.7 Å². The van der Waals surface area contributed by atoms with Crippen LogP contribution in [0.4, 0.5) is 0 Å². The number of aromatic amines is 1. The van der Waals surface area contributed by atoms with Gasteiger partial charge in [0.15, 0.2) is 0 Å². The number of phenols is 1. The van der Waals surface area contributed by atoms with Crippen LogP contribution in [0.2, 0.25) is 0 Å². The van der Waals surface area contributed by atoms with Gasteiger partial charge in [-0.15, -0.1) is 0 Å². The van der Waals surface area contributed by atoms with E-state index in [4.69, 9.17) is 0 Å². The molecule has 0 spiro atoms. The third kappa shape index (κ3) is 1.71. The number of fused-ring (bicyclic) bond motifs is 2. The number of hydrogen-bond acceptors (Lipinski definition) is 3. The molecule has 0 saturated heterocycles. The van der Waals surface area contributed by atoms with E-state index in [0.29, 0.717) is 11.1 Å². The first-order valence-corrected chi connectivity index (χ1v) is 6.85. The molecule has 22 heavy (non-hydrogen) atoms. The van der Waals surface area contributed by atoms with Crippen molar-refractivity contribution in [2.45, 2.75) is 0 Å². The zero-order valence-corrected chi connectivity index (χ0v) is 11.5. The number of carbonyl (C=O) groups is 2. The van der Waals surface area contributed by atoms with E-state index in [1.54, 1.807) is 6.07 Å². The van der Waals surface area contributed by atoms with Gasteiger partial charge in [0.2, 0.25) is 11.6 Å². The van der Waals surface area contributed by atoms with Gasteiger partial charge in [0.25, 0.3) is 0 Å². The van der Waals surface area contributed by atoms with Gasteiger partial charge in [0.05, 0.1) is 0 Å². The van der Waals surface area contributed by atoms with Gasteiger partial charge in [-0.1, -0.05) is 18.2 Å². The minimum atomic E-state index is -0.588. The maximum Gasteiger partial charge on any atom is 0.233 e. The van der Waals surface area contributed by atoms with Crippen LogP contribution in [0, 0.1) is 0 Å². The second-order valence-electron chi connectivity index (χ2n) is 5.23. The molecule has 1 aliphatic carbocycles. The minimum Gasteiger partial charge on any atom is -0.508 e. The van der Waals surface area contributed by atoms with E-state index < -0.39 is 11.6 Å². The molecule has 106 valence electrons. The first kappa shape index (κ1) is 12.6. The van der Waals surface area contributed by atoms with Gasteiger partial charge >= 0.3 is 0 Å². The smallest absolute Gasteiger partial charge is 0.233 e. The molecule has 0 aliphatic heterocycles. The van der Waals surface area contributed by atoms with Crippen molar-refractivity contribution in [3.63, 3.8) is 0 Å². The van der Waals surface area contributed by atoms with Gasteiger partial charge in [-0.2, -0.15) is 0 Å². The molecule has 1 aliphatic rings. The van der Waals surface area contributed by atoms with E-state index in [0.717, 1.165) is 16.5 Å². The molecule has 2 N–H and O–H groups in total. The van der Waals surface area contributed by atoms with Crippen LogP contribution in [-0.4, -0.2) is 21.7 Å². The van der Waals surface area contributed by atoms with Crippen molar-refractivity contribution in [3.8, 4) is 5.75 Å². The average molecular weight is 289 g/mol. The van der Waals surface area contributed by atoms with Gasteiger partial charge in [0.1, 0.15) is 5.75 Å². The Bertz CT molecular complexity index is 979. The fraction of sp³-hybridized carbons (Fsp3) is 0. The summed E-state index contributed by atoms with van der Waals surface area (Å²) in [5, 5.41) is 10.6. The van der Waals surface area contributed by atoms with Crippen LogP contribution in [-0.2, 0) is 4.79 Å². The number of para-hydroxylation sites is 1. The Hall–Kier alpha value is -3.14. The summed E-state index contributed by atoms with van der Waals surface area (Å²) in [6.07, 6.45) is 3.20. The fourth-order valence-electron chi connectivity index (χ4n) is 2.88. The van der Waals surface area contributed by atoms with E-state index in [1.807, 2.05) is 30.5 Å². The van der Waals surface area contributed by atoms with Crippen molar-refractivity contribution in [1.82, 2.24) is 4.98 Å². The third-order valence-electron chi connectivity index (χ3n) is 3.92. The van der Waals surface area contributed by atoms with E-state index in [-0.39, 0.29) is 11.3 Å². The second kappa shape index (κ2) is 4.43. The lowest BCUT2D eigenvalue weighted by molar-refractivity contribution is -0.110. The molecule has 0 fully saturated rings. The van der Waals surface area contributed by atoms with Crippen molar-refractivity contribution < 1.29 is 14.7 Å². The molecular formula is C18H11NO3. The molecule has 1 heterocycles. The maximum absolute atomic E-state index is 12.0. The predicted octanol–water partition coefficient (Wildman–Crippen LogP) is 3.07. The Labute approximate surface area is 125 Å². The predicted molar refractivity (Wildman–Crippen MR) is 82.8 cm³/mol. The molecule has 3 aromatic rings. The third-order valence-corrected chi connectivity index (χ3v) is 3.92. The monoisotopic (exact) mass is 289 g/mol. The quantitative estimate of drug-likeness (QED) is 0.676. The van der Waals surface area contributed by atoms with Crippen molar-refractivity contribution in [3.05, 3.63) is 71.4 Å². The number of aromatic nitrogens is 1. The van der Waals surface area contributed by atoms with Crippen LogP contribution in [0.1, 0.15) is 21.5 Å². The van der Waals surface area contributed by atoms with E-state index in [9.17, 15) is 14.7 Å². The number of ketones is 2. The highest BCUT2D eigenvalue weighted by molar-refractivity contribution is 6.51. The zero-order chi connectivity index (χ0) is 15.3. The normalized spacial score (nSPS) is 14.1. The van der Waals surface area contributed by atoms with Crippen molar-refractivity contribution >= 4 is 28.0 Å². The number of nitrogens with one attached hydrogen (secondary N) is 1. The van der Waals surface area contributed by atoms with Gasteiger partial charge < -0.3 is 10.1 Å². The summed E-state index contributed by atoms with van der Waals surface area (Å²) in [6, 6.07) is 12.3. The summed E-state index contributed by atoms with van der Waals surface area (Å²) < 4.78 is 0. The maximum atomic E-state index is 12.0. The first-order valence-electron chi connectivity index (χ1n) is 6.85. The van der Waals surface area contributed by atoms with E-state index in [1.165, 1.54) is 18.2 Å². The van der Waals surface area contributed by atoms with Crippen molar-refractivity contribution in [2.75, 3.05) is 0 Å². The van der Waals surface area contributed by atoms with Crippen molar-refractivity contribution in [2.24, 2.45) is 0 Å². The molecule has 0 amide bonds. The molecule has 2 aromatic carbocycles. The minimum absolute atomic E-state index is 0.0277. The molecular weight excluding hydrogens is 278 g/mol. The summed E-state index contributed by atoms with van der Waals surface area (Å²) in [5.74, 6) is -1.19. The molecule has 1 aromatic heterocycles. The topological polar surface area (TPSA) is 70.2 Å². The summed E-state index contributed by atoms with van der Waals surface area (Å²) in [7, 11) is 0. The number of aromatic hydroxyl groups is 1. The Balaban J connectivity index is 2.01. The van der Waals surface area contributed by atoms with Crippen LogP contribution >= 0.6 is 0 Å². The lowest BCUT2D eigenvalue weighted by Crippen LogP contribution is -2.18. The molecule has 0 radical (unpaired) electrons. The number of carbonyl (C=O) groups excluding carboxylic acids is 2. The van der Waals surface area contributed by atoms with Crippen molar-refractivity contribution in [1.29, 1.82) is 0 Å². The number of H-pyrrole nitrogens is 1. The fourth-order valence-corrected chi connectivity index (χ4v) is 2.88. The molecule has 0 atom stereocenters. The van der Waals surface area contributed by atoms with E-state index >= 15 is 0 Å². The van der Waals surface area contributed by atoms with Gasteiger partial charge in [-0.3, -0.25) is 9.59 Å². The molecule has 0 unspecified atom stereocenters. The Morgan fingerprint density at radius 2 is 1.73 bits per heavy atom. The Morgan fingerprint density at radius 3 is 2.59 bits per heavy atom. The molecule has 4 rings (SSSR count). The summed E-state index contributed by atoms with van der Waals surface area (Å²) in [6.45, 7) is 0. The summed E-state index contributed by atoms with van der Waals surface area (Å²) in [4.78, 5) is 27.2. The molecule has 4 heteroatoms. The second-order valence-corrected chi connectivity index (χ2v) is 5.23. The van der Waals surface area contributed by atoms with Crippen LogP contribution in [0.3, 0.4) is 0 Å². The number of phenolic OH excluding ortho intramolecular Hbond substituents is 1. The summed E-state index contributed by atoms with van der Waals surface area (Å²) >= 11 is 0. The number of Topliss-reactive ketones (excluding diaryl/α,β-unsaturated/α-hetero) is 1. The average Bonchev–Trinajstić information content (AvgIpc) is 2.95. The van der Waals surface area contributed by atoms with Gasteiger partial charge in [-0.25, -0.2) is 0 Å². The summed E-state index contributed by atoms with van der Waals surface area (Å²) in [5.41, 5.74) is 3.42. The van der Waals surface area contributed by atoms with Crippen LogP contribution < -0.4 is 0 Å². The first-order chi connectivity index (χ1) is 10.6. The lowest BCUT2D eigenvalue weighted by atomic mass is 9.85. The molecule has 4 nitrogen and oxygen atoms in total. The van der Waals surface area contributed by atoms with Gasteiger partial charge in [0, 0.05) is 28.2 Å². The lowest BCUT2D eigenvalue weighted by Gasteiger charge is -2.16. The SMILES string of the molecule is O=C1C=C(c2c[nH]c3ccccc23)c2ccc(O)cc2C1=O. The molecule has 0 saturated carbocycles. The van der Waals surface area contributed by atoms with Crippen LogP contribution in [0.25, 0.3) is 16.5 Å². The highest BCUT2D eigenvalue weighted by Crippen LogP contribution is 2.35. The largest absolute Gasteiger partial charge is 0.508 e. The number of rotatable bonds is 1. The number of benzene rings is 2. The van der Waals surface area contributed by atoms with Gasteiger partial charge in [-0.05, 0) is 41.5 Å². The van der Waals surface area contributed by atoms with Crippen LogP contribution in [0.5, 0.6) is 5.75 Å². The Kier molecular flexibility index (Phi) is 2.53.